The summed E-state index contributed by atoms with van der Waals surface area (Å²) in [4.78, 5) is 23.1. The van der Waals surface area contributed by atoms with Gasteiger partial charge in [-0.2, -0.15) is 0 Å². The maximum absolute atomic E-state index is 10.8. The van der Waals surface area contributed by atoms with Crippen LogP contribution >= 0.6 is 0 Å². The Morgan fingerprint density at radius 3 is 2.50 bits per heavy atom. The third-order valence-electron chi connectivity index (χ3n) is 1.89. The minimum absolute atomic E-state index is 0.170. The first-order valence-electron chi connectivity index (χ1n) is 4.39. The third-order valence-corrected chi connectivity index (χ3v) is 1.89. The van der Waals surface area contributed by atoms with E-state index in [-0.39, 0.29) is 6.42 Å². The molecule has 0 aromatic carbocycles. The lowest BCUT2D eigenvalue weighted by Crippen LogP contribution is -2.43. The summed E-state index contributed by atoms with van der Waals surface area (Å²) in [5.74, 6) is -1.65. The van der Waals surface area contributed by atoms with E-state index in [2.05, 4.69) is 6.58 Å². The number of rotatable bonds is 7. The molecule has 0 aromatic rings. The van der Waals surface area contributed by atoms with Crippen molar-refractivity contribution in [3.05, 3.63) is 12.7 Å². The lowest BCUT2D eigenvalue weighted by Gasteiger charge is -2.25. The highest BCUT2D eigenvalue weighted by Crippen LogP contribution is 2.04. The number of amides is 1. The molecular formula is C9H16N2O3. The lowest BCUT2D eigenvalue weighted by molar-refractivity contribution is -0.145. The average molecular weight is 200 g/mol. The van der Waals surface area contributed by atoms with Gasteiger partial charge in [-0.25, -0.2) is 0 Å². The van der Waals surface area contributed by atoms with Gasteiger partial charge in [-0.3, -0.25) is 14.5 Å². The van der Waals surface area contributed by atoms with E-state index < -0.39 is 17.9 Å². The smallest absolute Gasteiger partial charge is 0.321 e. The number of nitrogens with two attached hydrogens (primary N) is 1. The Morgan fingerprint density at radius 1 is 1.64 bits per heavy atom. The number of hydrogen-bond donors (Lipinski definition) is 2. The Morgan fingerprint density at radius 2 is 2.21 bits per heavy atom. The summed E-state index contributed by atoms with van der Waals surface area (Å²) in [7, 11) is 0. The third kappa shape index (κ3) is 4.04. The van der Waals surface area contributed by atoms with Crippen molar-refractivity contribution in [1.82, 2.24) is 4.90 Å². The van der Waals surface area contributed by atoms with Crippen molar-refractivity contribution in [3.8, 4) is 0 Å². The summed E-state index contributed by atoms with van der Waals surface area (Å²) < 4.78 is 0. The predicted octanol–water partition coefficient (Wildman–Crippen LogP) is -0.177. The Hall–Kier alpha value is -1.36. The minimum Gasteiger partial charge on any atom is -0.480 e. The highest BCUT2D eigenvalue weighted by molar-refractivity contribution is 5.83. The van der Waals surface area contributed by atoms with Crippen LogP contribution in [-0.2, 0) is 9.59 Å². The number of nitrogens with zero attached hydrogens (tertiary/aromatic N) is 1. The molecular weight excluding hydrogens is 184 g/mol. The Bertz CT molecular complexity index is 228. The van der Waals surface area contributed by atoms with E-state index in [1.165, 1.54) is 0 Å². The lowest BCUT2D eigenvalue weighted by atomic mass is 10.1. The predicted molar refractivity (Wildman–Crippen MR) is 52.7 cm³/mol. The topological polar surface area (TPSA) is 83.6 Å². The molecule has 0 heterocycles. The van der Waals surface area contributed by atoms with Crippen molar-refractivity contribution in [3.63, 3.8) is 0 Å². The minimum atomic E-state index is -1.03. The van der Waals surface area contributed by atoms with E-state index in [0.717, 1.165) is 0 Å². The molecule has 5 nitrogen and oxygen atoms in total. The molecule has 0 aliphatic rings. The first-order chi connectivity index (χ1) is 6.52. The van der Waals surface area contributed by atoms with Crippen LogP contribution in [0.15, 0.2) is 12.7 Å². The summed E-state index contributed by atoms with van der Waals surface area (Å²) in [5, 5.41) is 8.87. The fourth-order valence-electron chi connectivity index (χ4n) is 1.21. The van der Waals surface area contributed by atoms with Gasteiger partial charge in [0.1, 0.15) is 6.04 Å². The summed E-state index contributed by atoms with van der Waals surface area (Å²) in [5.41, 5.74) is 4.97. The molecule has 1 atom stereocenters. The second kappa shape index (κ2) is 6.15. The fourth-order valence-corrected chi connectivity index (χ4v) is 1.21. The van der Waals surface area contributed by atoms with Gasteiger partial charge >= 0.3 is 5.97 Å². The van der Waals surface area contributed by atoms with E-state index in [1.54, 1.807) is 11.0 Å². The van der Waals surface area contributed by atoms with Crippen LogP contribution in [0, 0.1) is 0 Å². The van der Waals surface area contributed by atoms with Gasteiger partial charge in [0.2, 0.25) is 5.91 Å². The monoisotopic (exact) mass is 200 g/mol. The summed E-state index contributed by atoms with van der Waals surface area (Å²) >= 11 is 0. The molecule has 1 unspecified atom stereocenters. The average Bonchev–Trinajstić information content (AvgIpc) is 2.10. The zero-order valence-corrected chi connectivity index (χ0v) is 8.27. The number of likely N-dealkylation sites (N-methyl/N-ethyl adjacent to an activating group) is 1. The van der Waals surface area contributed by atoms with E-state index in [0.29, 0.717) is 13.1 Å². The molecule has 0 aliphatic carbocycles. The molecule has 14 heavy (non-hydrogen) atoms. The molecule has 0 saturated carbocycles. The standard InChI is InChI=1S/C9H16N2O3/c1-3-5-11(4-2)7(9(13)14)6-8(10)12/h3,7H,1,4-6H2,2H3,(H2,10,12)(H,13,14). The van der Waals surface area contributed by atoms with Crippen LogP contribution in [0.2, 0.25) is 0 Å². The molecule has 0 aromatic heterocycles. The molecule has 0 spiro atoms. The van der Waals surface area contributed by atoms with E-state index in [1.807, 2.05) is 6.92 Å². The Kier molecular flexibility index (Phi) is 5.55. The maximum Gasteiger partial charge on any atom is 0.321 e. The van der Waals surface area contributed by atoms with Gasteiger partial charge in [0.25, 0.3) is 0 Å². The van der Waals surface area contributed by atoms with Crippen LogP contribution in [0.3, 0.4) is 0 Å². The van der Waals surface area contributed by atoms with Gasteiger partial charge < -0.3 is 10.8 Å². The van der Waals surface area contributed by atoms with Crippen LogP contribution in [0.5, 0.6) is 0 Å². The number of carbonyl (C=O) groups excluding carboxylic acids is 1. The number of aliphatic carboxylic acids is 1. The molecule has 0 bridgehead atoms. The van der Waals surface area contributed by atoms with Crippen molar-refractivity contribution in [1.29, 1.82) is 0 Å². The van der Waals surface area contributed by atoms with Crippen molar-refractivity contribution >= 4 is 11.9 Å². The molecule has 3 N–H and O–H groups in total. The Labute approximate surface area is 83.2 Å². The van der Waals surface area contributed by atoms with Gasteiger partial charge in [0.15, 0.2) is 0 Å². The molecule has 0 aliphatic heterocycles. The number of carbonyl (C=O) groups is 2. The highest BCUT2D eigenvalue weighted by atomic mass is 16.4. The van der Waals surface area contributed by atoms with Gasteiger partial charge in [-0.15, -0.1) is 6.58 Å². The van der Waals surface area contributed by atoms with Crippen LogP contribution in [-0.4, -0.2) is 41.0 Å². The second-order valence-corrected chi connectivity index (χ2v) is 2.90. The maximum atomic E-state index is 10.8. The van der Waals surface area contributed by atoms with Gasteiger partial charge in [0.05, 0.1) is 6.42 Å². The first-order valence-corrected chi connectivity index (χ1v) is 4.39. The number of hydrogen-bond acceptors (Lipinski definition) is 3. The normalized spacial score (nSPS) is 12.4. The zero-order chi connectivity index (χ0) is 11.1. The van der Waals surface area contributed by atoms with Gasteiger partial charge in [-0.1, -0.05) is 13.0 Å². The summed E-state index contributed by atoms with van der Waals surface area (Å²) in [6.45, 7) is 6.31. The Balaban J connectivity index is 4.50. The molecule has 1 amide bonds. The zero-order valence-electron chi connectivity index (χ0n) is 8.27. The molecule has 0 fully saturated rings. The van der Waals surface area contributed by atoms with Crippen molar-refractivity contribution in [2.24, 2.45) is 5.73 Å². The molecule has 80 valence electrons. The number of carboxylic acids is 1. The SMILES string of the molecule is C=CCN(CC)C(CC(N)=O)C(=O)O. The number of primary amides is 1. The summed E-state index contributed by atoms with van der Waals surface area (Å²) in [6.07, 6.45) is 1.43. The molecule has 0 radical (unpaired) electrons. The largest absolute Gasteiger partial charge is 0.480 e. The van der Waals surface area contributed by atoms with Crippen molar-refractivity contribution in [2.45, 2.75) is 19.4 Å². The number of carboxylic acid groups (broad SMARTS) is 1. The van der Waals surface area contributed by atoms with Crippen molar-refractivity contribution in [2.75, 3.05) is 13.1 Å². The second-order valence-electron chi connectivity index (χ2n) is 2.90. The van der Waals surface area contributed by atoms with Crippen LogP contribution < -0.4 is 5.73 Å². The van der Waals surface area contributed by atoms with Crippen LogP contribution in [0.1, 0.15) is 13.3 Å². The molecule has 0 saturated heterocycles. The fraction of sp³-hybridized carbons (Fsp3) is 0.556. The van der Waals surface area contributed by atoms with E-state index in [4.69, 9.17) is 10.8 Å². The van der Waals surface area contributed by atoms with E-state index in [9.17, 15) is 9.59 Å². The molecule has 0 rings (SSSR count). The van der Waals surface area contributed by atoms with Crippen LogP contribution in [0.25, 0.3) is 0 Å². The van der Waals surface area contributed by atoms with E-state index >= 15 is 0 Å². The molecule has 5 heteroatoms. The summed E-state index contributed by atoms with van der Waals surface area (Å²) in [6, 6.07) is -0.851. The first kappa shape index (κ1) is 12.6. The van der Waals surface area contributed by atoms with Gasteiger partial charge in [0, 0.05) is 6.54 Å². The van der Waals surface area contributed by atoms with Crippen LogP contribution in [0.4, 0.5) is 0 Å². The van der Waals surface area contributed by atoms with Crippen molar-refractivity contribution < 1.29 is 14.7 Å². The highest BCUT2D eigenvalue weighted by Gasteiger charge is 2.25. The quantitative estimate of drug-likeness (QED) is 0.558. The van der Waals surface area contributed by atoms with Gasteiger partial charge in [-0.05, 0) is 6.54 Å².